The summed E-state index contributed by atoms with van der Waals surface area (Å²) in [6.45, 7) is 4.82. The van der Waals surface area contributed by atoms with Crippen molar-refractivity contribution in [2.45, 2.75) is 50.9 Å². The van der Waals surface area contributed by atoms with E-state index in [2.05, 4.69) is 21.6 Å². The van der Waals surface area contributed by atoms with Crippen LogP contribution in [0.25, 0.3) is 0 Å². The van der Waals surface area contributed by atoms with E-state index in [9.17, 15) is 14.4 Å². The summed E-state index contributed by atoms with van der Waals surface area (Å²) in [6.07, 6.45) is 3.39. The Hall–Kier alpha value is -2.25. The zero-order chi connectivity index (χ0) is 20.4. The lowest BCUT2D eigenvalue weighted by Gasteiger charge is -2.45. The average Bonchev–Trinajstić information content (AvgIpc) is 3.32. The normalized spacial score (nSPS) is 35.5. The van der Waals surface area contributed by atoms with Crippen LogP contribution in [0.1, 0.15) is 47.2 Å². The van der Waals surface area contributed by atoms with Crippen molar-refractivity contribution in [3.63, 3.8) is 0 Å². The number of hydrogen-bond donors (Lipinski definition) is 2. The summed E-state index contributed by atoms with van der Waals surface area (Å²) in [5, 5.41) is 6.09. The van der Waals surface area contributed by atoms with Gasteiger partial charge in [0.1, 0.15) is 6.04 Å². The Balaban J connectivity index is 1.16. The fraction of sp³-hybridized carbons (Fsp3) is 0.609. The summed E-state index contributed by atoms with van der Waals surface area (Å²) in [7, 11) is 0. The van der Waals surface area contributed by atoms with Gasteiger partial charge in [-0.25, -0.2) is 0 Å². The zero-order valence-electron chi connectivity index (χ0n) is 17.1. The van der Waals surface area contributed by atoms with E-state index in [-0.39, 0.29) is 24.1 Å². The number of amides is 3. The molecule has 0 aromatic heterocycles. The van der Waals surface area contributed by atoms with Crippen molar-refractivity contribution in [2.24, 2.45) is 17.8 Å². The van der Waals surface area contributed by atoms with Gasteiger partial charge in [-0.2, -0.15) is 0 Å². The van der Waals surface area contributed by atoms with Gasteiger partial charge in [0.25, 0.3) is 5.91 Å². The second kappa shape index (κ2) is 6.89. The summed E-state index contributed by atoms with van der Waals surface area (Å²) >= 11 is 0. The molecule has 2 N–H and O–H groups in total. The van der Waals surface area contributed by atoms with Gasteiger partial charge >= 0.3 is 0 Å². The second-order valence-electron chi connectivity index (χ2n) is 9.77. The van der Waals surface area contributed by atoms with Gasteiger partial charge < -0.3 is 10.2 Å². The molecule has 1 aromatic rings. The molecule has 3 amide bonds. The molecule has 30 heavy (non-hydrogen) atoms. The quantitative estimate of drug-likeness (QED) is 0.726. The molecular weight excluding hydrogens is 380 g/mol. The fourth-order valence-electron chi connectivity index (χ4n) is 6.58. The van der Waals surface area contributed by atoms with Gasteiger partial charge in [-0.05, 0) is 60.8 Å². The number of benzene rings is 1. The number of carbonyl (C=O) groups excluding carboxylic acids is 3. The van der Waals surface area contributed by atoms with E-state index >= 15 is 0 Å². The molecule has 5 aliphatic heterocycles. The molecule has 1 saturated carbocycles. The third kappa shape index (κ3) is 2.90. The van der Waals surface area contributed by atoms with Crippen molar-refractivity contribution in [2.75, 3.05) is 19.6 Å². The van der Waals surface area contributed by atoms with Gasteiger partial charge in [0.15, 0.2) is 0 Å². The highest BCUT2D eigenvalue weighted by atomic mass is 16.2. The number of piperidine rings is 3. The fourth-order valence-corrected chi connectivity index (χ4v) is 6.58. The number of imide groups is 1. The van der Waals surface area contributed by atoms with Crippen LogP contribution in [-0.2, 0) is 22.7 Å². The second-order valence-corrected chi connectivity index (χ2v) is 9.77. The van der Waals surface area contributed by atoms with E-state index in [1.54, 1.807) is 4.90 Å². The van der Waals surface area contributed by atoms with Crippen LogP contribution < -0.4 is 10.6 Å². The van der Waals surface area contributed by atoms with Crippen LogP contribution >= 0.6 is 0 Å². The van der Waals surface area contributed by atoms with Gasteiger partial charge in [0.05, 0.1) is 0 Å². The van der Waals surface area contributed by atoms with Crippen LogP contribution in [0.15, 0.2) is 18.2 Å². The number of carbonyl (C=O) groups is 3. The van der Waals surface area contributed by atoms with E-state index in [0.717, 1.165) is 42.0 Å². The molecule has 1 aromatic carbocycles. The molecule has 5 unspecified atom stereocenters. The van der Waals surface area contributed by atoms with Crippen LogP contribution in [-0.4, -0.2) is 59.2 Å². The highest BCUT2D eigenvalue weighted by molar-refractivity contribution is 6.05. The molecule has 6 aliphatic rings. The Morgan fingerprint density at radius 2 is 1.90 bits per heavy atom. The van der Waals surface area contributed by atoms with Crippen molar-refractivity contribution in [1.82, 2.24) is 20.4 Å². The predicted octanol–water partition coefficient (Wildman–Crippen LogP) is 0.877. The minimum Gasteiger partial charge on any atom is -0.322 e. The number of nitrogens with one attached hydrogen (secondary N) is 2. The minimum atomic E-state index is -0.546. The maximum absolute atomic E-state index is 13.1. The molecule has 0 spiro atoms. The minimum absolute atomic E-state index is 0.0846. The van der Waals surface area contributed by atoms with Gasteiger partial charge in [0.2, 0.25) is 11.8 Å². The first-order valence-corrected chi connectivity index (χ1v) is 11.3. The molecule has 7 nitrogen and oxygen atoms in total. The Kier molecular flexibility index (Phi) is 4.25. The van der Waals surface area contributed by atoms with Crippen molar-refractivity contribution in [3.8, 4) is 0 Å². The molecular formula is C23H28N4O3. The van der Waals surface area contributed by atoms with Crippen LogP contribution in [0, 0.1) is 17.8 Å². The maximum atomic E-state index is 13.1. The molecule has 5 atom stereocenters. The lowest BCUT2D eigenvalue weighted by molar-refractivity contribution is -0.136. The topological polar surface area (TPSA) is 81.8 Å². The summed E-state index contributed by atoms with van der Waals surface area (Å²) in [5.74, 6) is 1.74. The number of likely N-dealkylation sites (tertiary alicyclic amines) is 1. The lowest BCUT2D eigenvalue weighted by Crippen LogP contribution is -2.54. The van der Waals surface area contributed by atoms with Crippen LogP contribution in [0.3, 0.4) is 0 Å². The maximum Gasteiger partial charge on any atom is 0.255 e. The van der Waals surface area contributed by atoms with E-state index in [4.69, 9.17) is 0 Å². The largest absolute Gasteiger partial charge is 0.322 e. The highest BCUT2D eigenvalue weighted by Crippen LogP contribution is 2.43. The Morgan fingerprint density at radius 3 is 2.67 bits per heavy atom. The van der Waals surface area contributed by atoms with Gasteiger partial charge in [-0.15, -0.1) is 0 Å². The Bertz CT molecular complexity index is 903. The van der Waals surface area contributed by atoms with Crippen LogP contribution in [0.2, 0.25) is 0 Å². The third-order valence-corrected chi connectivity index (χ3v) is 8.10. The molecule has 4 saturated heterocycles. The number of nitrogens with zero attached hydrogens (tertiary/aromatic N) is 2. The number of fused-ring (bicyclic) bond motifs is 3. The highest BCUT2D eigenvalue weighted by Gasteiger charge is 2.48. The molecule has 2 bridgehead atoms. The summed E-state index contributed by atoms with van der Waals surface area (Å²) in [5.41, 5.74) is 2.87. The number of hydrogen-bond acceptors (Lipinski definition) is 5. The molecule has 0 radical (unpaired) electrons. The van der Waals surface area contributed by atoms with E-state index < -0.39 is 6.04 Å². The SMILES string of the molecule is O=C1CCC(N2Cc3ccc(CN4CC5C6CCC(NC6)C5C4)cc3C2=O)C(=O)N1. The van der Waals surface area contributed by atoms with Crippen molar-refractivity contribution < 1.29 is 14.4 Å². The first kappa shape index (κ1) is 18.5. The molecule has 7 rings (SSSR count). The molecule has 5 heterocycles. The average molecular weight is 409 g/mol. The molecule has 1 aliphatic carbocycles. The summed E-state index contributed by atoms with van der Waals surface area (Å²) < 4.78 is 0. The third-order valence-electron chi connectivity index (χ3n) is 8.10. The van der Waals surface area contributed by atoms with Crippen molar-refractivity contribution >= 4 is 17.7 Å². The standard InChI is InChI=1S/C23H28N4O3/c28-21-6-5-20(22(29)25-21)27-10-15-2-1-13(7-16(15)23(27)30)9-26-11-17-14-3-4-19(24-8-14)18(17)12-26/h1-2,7,14,17-20,24H,3-6,8-12H2,(H,25,28,29). The molecule has 5 fully saturated rings. The molecule has 158 valence electrons. The zero-order valence-corrected chi connectivity index (χ0v) is 17.1. The smallest absolute Gasteiger partial charge is 0.255 e. The summed E-state index contributed by atoms with van der Waals surface area (Å²) in [6, 6.07) is 6.35. The van der Waals surface area contributed by atoms with Gasteiger partial charge in [-0.3, -0.25) is 24.6 Å². The Labute approximate surface area is 176 Å². The monoisotopic (exact) mass is 408 g/mol. The van der Waals surface area contributed by atoms with E-state index in [1.165, 1.54) is 31.5 Å². The van der Waals surface area contributed by atoms with Crippen molar-refractivity contribution in [3.05, 3.63) is 34.9 Å². The molecule has 7 heteroatoms. The first-order valence-electron chi connectivity index (χ1n) is 11.3. The van der Waals surface area contributed by atoms with Crippen LogP contribution in [0.5, 0.6) is 0 Å². The van der Waals surface area contributed by atoms with Gasteiger partial charge in [-0.1, -0.05) is 12.1 Å². The predicted molar refractivity (Wildman–Crippen MR) is 109 cm³/mol. The first-order chi connectivity index (χ1) is 14.6. The summed E-state index contributed by atoms with van der Waals surface area (Å²) in [4.78, 5) is 40.9. The Morgan fingerprint density at radius 1 is 1.03 bits per heavy atom. The van der Waals surface area contributed by atoms with Crippen LogP contribution in [0.4, 0.5) is 0 Å². The van der Waals surface area contributed by atoms with Gasteiger partial charge in [0, 0.05) is 44.2 Å². The lowest BCUT2D eigenvalue weighted by atomic mass is 9.68. The van der Waals surface area contributed by atoms with E-state index in [0.29, 0.717) is 19.0 Å². The van der Waals surface area contributed by atoms with E-state index in [1.807, 2.05) is 12.1 Å². The van der Waals surface area contributed by atoms with Crippen molar-refractivity contribution in [1.29, 1.82) is 0 Å². The number of rotatable bonds is 3.